The Hall–Kier alpha value is -1.84. The first-order valence-corrected chi connectivity index (χ1v) is 9.69. The average Bonchev–Trinajstić information content (AvgIpc) is 3.13. The van der Waals surface area contributed by atoms with E-state index in [4.69, 9.17) is 6.42 Å². The largest absolute Gasteiger partial charge is 0.335 e. The number of carbonyl (C=O) groups excluding carboxylic acids is 1. The van der Waals surface area contributed by atoms with Crippen LogP contribution in [-0.2, 0) is 11.3 Å². The van der Waals surface area contributed by atoms with Crippen LogP contribution < -0.4 is 5.43 Å². The van der Waals surface area contributed by atoms with Gasteiger partial charge in [-0.2, -0.15) is 5.10 Å². The minimum absolute atomic E-state index is 0.0254. The second-order valence-corrected chi connectivity index (χ2v) is 9.19. The zero-order valence-electron chi connectivity index (χ0n) is 13.5. The summed E-state index contributed by atoms with van der Waals surface area (Å²) in [5, 5.41) is 5.20. The van der Waals surface area contributed by atoms with Crippen LogP contribution in [0.4, 0.5) is 0 Å². The van der Waals surface area contributed by atoms with Crippen molar-refractivity contribution in [2.24, 2.45) is 5.10 Å². The fourth-order valence-electron chi connectivity index (χ4n) is 2.77. The van der Waals surface area contributed by atoms with Crippen molar-refractivity contribution in [1.29, 1.82) is 0 Å². The number of hydrogen-bond acceptors (Lipinski definition) is 4. The zero-order valence-corrected chi connectivity index (χ0v) is 15.1. The Morgan fingerprint density at radius 3 is 2.96 bits per heavy atom. The molecule has 1 N–H and O–H groups in total. The molecule has 1 amide bonds. The highest BCUT2D eigenvalue weighted by molar-refractivity contribution is 8.21. The van der Waals surface area contributed by atoms with Crippen LogP contribution in [0.3, 0.4) is 0 Å². The highest BCUT2D eigenvalue weighted by atomic mass is 32.2. The molecule has 6 heteroatoms. The third-order valence-electron chi connectivity index (χ3n) is 3.85. The van der Waals surface area contributed by atoms with Gasteiger partial charge in [0.1, 0.15) is 0 Å². The molecule has 0 radical (unpaired) electrons. The summed E-state index contributed by atoms with van der Waals surface area (Å²) < 4.78 is 1.98. The summed E-state index contributed by atoms with van der Waals surface area (Å²) in [6, 6.07) is 8.01. The second-order valence-electron chi connectivity index (χ2n) is 5.73. The van der Waals surface area contributed by atoms with Gasteiger partial charge < -0.3 is 4.57 Å². The number of nitrogens with one attached hydrogen (secondary N) is 1. The molecule has 1 aromatic heterocycles. The normalized spacial score (nSPS) is 16.5. The smallest absolute Gasteiger partial charge is 0.242 e. The Morgan fingerprint density at radius 2 is 2.21 bits per heavy atom. The van der Waals surface area contributed by atoms with Gasteiger partial charge in [-0.1, -0.05) is 24.1 Å². The molecule has 1 aromatic carbocycles. The van der Waals surface area contributed by atoms with Crippen molar-refractivity contribution in [3.05, 3.63) is 36.0 Å². The number of fused-ring (bicyclic) bond motifs is 1. The van der Waals surface area contributed by atoms with Crippen LogP contribution in [-0.4, -0.2) is 32.3 Å². The third-order valence-corrected chi connectivity index (χ3v) is 7.15. The molecule has 0 atom stereocenters. The molecule has 1 fully saturated rings. The van der Waals surface area contributed by atoms with E-state index < -0.39 is 0 Å². The van der Waals surface area contributed by atoms with E-state index in [-0.39, 0.29) is 9.99 Å². The van der Waals surface area contributed by atoms with Gasteiger partial charge in [-0.05, 0) is 13.0 Å². The van der Waals surface area contributed by atoms with Gasteiger partial charge in [0.15, 0.2) is 0 Å². The zero-order chi connectivity index (χ0) is 17.0. The van der Waals surface area contributed by atoms with Gasteiger partial charge in [0.25, 0.3) is 0 Å². The number of aromatic nitrogens is 1. The van der Waals surface area contributed by atoms with Gasteiger partial charge in [-0.25, -0.2) is 5.43 Å². The first-order valence-electron chi connectivity index (χ1n) is 7.72. The SMILES string of the molecule is C#CCn1cc(/C=N\NC(=O)CC2(C)SCCS2)c2ccccc21. The first-order chi connectivity index (χ1) is 11.6. The highest BCUT2D eigenvalue weighted by Gasteiger charge is 2.32. The second kappa shape index (κ2) is 7.37. The Bertz CT molecular complexity index is 813. The molecule has 0 bridgehead atoms. The molecule has 0 aliphatic carbocycles. The van der Waals surface area contributed by atoms with Crippen LogP contribution in [0.1, 0.15) is 18.9 Å². The fourth-order valence-corrected chi connectivity index (χ4v) is 5.60. The lowest BCUT2D eigenvalue weighted by atomic mass is 10.2. The van der Waals surface area contributed by atoms with Crippen molar-refractivity contribution in [2.45, 2.75) is 24.0 Å². The predicted molar refractivity (Wildman–Crippen MR) is 104 cm³/mol. The number of para-hydroxylation sites is 1. The van der Waals surface area contributed by atoms with Crippen molar-refractivity contribution < 1.29 is 4.79 Å². The third kappa shape index (κ3) is 3.80. The predicted octanol–water partition coefficient (Wildman–Crippen LogP) is 3.31. The van der Waals surface area contributed by atoms with Crippen LogP contribution >= 0.6 is 23.5 Å². The van der Waals surface area contributed by atoms with E-state index in [1.165, 1.54) is 0 Å². The van der Waals surface area contributed by atoms with Crippen molar-refractivity contribution >= 4 is 46.5 Å². The maximum atomic E-state index is 12.1. The number of nitrogens with zero attached hydrogens (tertiary/aromatic N) is 2. The lowest BCUT2D eigenvalue weighted by Gasteiger charge is -2.19. The molecular formula is C18H19N3OS2. The Kier molecular flexibility index (Phi) is 5.22. The quantitative estimate of drug-likeness (QED) is 0.507. The van der Waals surface area contributed by atoms with Gasteiger partial charge in [0.05, 0.1) is 23.3 Å². The molecule has 1 saturated heterocycles. The van der Waals surface area contributed by atoms with Gasteiger partial charge in [0, 0.05) is 34.2 Å². The molecule has 1 aliphatic rings. The van der Waals surface area contributed by atoms with Crippen LogP contribution in [0, 0.1) is 12.3 Å². The van der Waals surface area contributed by atoms with Crippen molar-refractivity contribution in [3.8, 4) is 12.3 Å². The number of benzene rings is 1. The van der Waals surface area contributed by atoms with E-state index in [1.54, 1.807) is 6.21 Å². The van der Waals surface area contributed by atoms with Crippen molar-refractivity contribution in [1.82, 2.24) is 9.99 Å². The van der Waals surface area contributed by atoms with Gasteiger partial charge in [0.2, 0.25) is 5.91 Å². The van der Waals surface area contributed by atoms with E-state index in [9.17, 15) is 4.79 Å². The van der Waals surface area contributed by atoms with Crippen molar-refractivity contribution in [3.63, 3.8) is 0 Å². The lowest BCUT2D eigenvalue weighted by Crippen LogP contribution is -2.26. The van der Waals surface area contributed by atoms with Gasteiger partial charge >= 0.3 is 0 Å². The summed E-state index contributed by atoms with van der Waals surface area (Å²) in [5.74, 6) is 4.81. The van der Waals surface area contributed by atoms with E-state index in [0.717, 1.165) is 28.0 Å². The molecule has 2 aromatic rings. The highest BCUT2D eigenvalue weighted by Crippen LogP contribution is 2.45. The molecule has 24 heavy (non-hydrogen) atoms. The summed E-state index contributed by atoms with van der Waals surface area (Å²) in [5.41, 5.74) is 4.65. The molecule has 1 aliphatic heterocycles. The van der Waals surface area contributed by atoms with E-state index in [2.05, 4.69) is 23.4 Å². The summed E-state index contributed by atoms with van der Waals surface area (Å²) in [6.45, 7) is 2.62. The van der Waals surface area contributed by atoms with Crippen LogP contribution in [0.15, 0.2) is 35.6 Å². The maximum Gasteiger partial charge on any atom is 0.242 e. The molecule has 124 valence electrons. The first kappa shape index (κ1) is 17.0. The molecule has 4 nitrogen and oxygen atoms in total. The van der Waals surface area contributed by atoms with Gasteiger partial charge in [-0.15, -0.1) is 29.9 Å². The summed E-state index contributed by atoms with van der Waals surface area (Å²) in [7, 11) is 0. The van der Waals surface area contributed by atoms with E-state index in [0.29, 0.717) is 13.0 Å². The molecule has 0 saturated carbocycles. The number of hydrogen-bond donors (Lipinski definition) is 1. The van der Waals surface area contributed by atoms with E-state index >= 15 is 0 Å². The number of terminal acetylenes is 1. The standard InChI is InChI=1S/C18H19N3OS2/c1-3-8-21-13-14(15-6-4-5-7-16(15)21)12-19-20-17(22)11-18(2)23-9-10-24-18/h1,4-7,12-13H,8-11H2,2H3,(H,20,22)/b19-12-. The average molecular weight is 358 g/mol. The molecule has 3 rings (SSSR count). The van der Waals surface area contributed by atoms with Crippen LogP contribution in [0.5, 0.6) is 0 Å². The number of thioether (sulfide) groups is 2. The number of rotatable bonds is 5. The monoisotopic (exact) mass is 357 g/mol. The summed E-state index contributed by atoms with van der Waals surface area (Å²) in [4.78, 5) is 12.1. The molecule has 0 spiro atoms. The molecule has 0 unspecified atom stereocenters. The van der Waals surface area contributed by atoms with Gasteiger partial charge in [-0.3, -0.25) is 4.79 Å². The topological polar surface area (TPSA) is 46.4 Å². The Labute approximate surface area is 150 Å². The fraction of sp³-hybridized carbons (Fsp3) is 0.333. The molecule has 2 heterocycles. The lowest BCUT2D eigenvalue weighted by molar-refractivity contribution is -0.121. The number of hydrazone groups is 1. The number of carbonyl (C=O) groups is 1. The Balaban J connectivity index is 1.69. The molecular weight excluding hydrogens is 338 g/mol. The summed E-state index contributed by atoms with van der Waals surface area (Å²) in [6.07, 6.45) is 9.54. The Morgan fingerprint density at radius 1 is 1.46 bits per heavy atom. The minimum atomic E-state index is -0.0528. The van der Waals surface area contributed by atoms with Crippen LogP contribution in [0.2, 0.25) is 0 Å². The maximum absolute atomic E-state index is 12.1. The number of amides is 1. The summed E-state index contributed by atoms with van der Waals surface area (Å²) >= 11 is 3.68. The van der Waals surface area contributed by atoms with Crippen LogP contribution in [0.25, 0.3) is 10.9 Å². The van der Waals surface area contributed by atoms with Crippen molar-refractivity contribution in [2.75, 3.05) is 11.5 Å². The van der Waals surface area contributed by atoms with E-state index in [1.807, 2.05) is 58.6 Å². The minimum Gasteiger partial charge on any atom is -0.335 e.